The molecule has 0 aromatic rings. The van der Waals surface area contributed by atoms with Crippen molar-refractivity contribution in [1.29, 1.82) is 0 Å². The maximum Gasteiger partial charge on any atom is 0.304 e. The number of sulfone groups is 1. The zero-order valence-electron chi connectivity index (χ0n) is 9.06. The summed E-state index contributed by atoms with van der Waals surface area (Å²) < 4.78 is 22.3. The van der Waals surface area contributed by atoms with Crippen molar-refractivity contribution in [3.05, 3.63) is 0 Å². The van der Waals surface area contributed by atoms with E-state index in [-0.39, 0.29) is 6.42 Å². The Morgan fingerprint density at radius 3 is 2.20 bits per heavy atom. The Bertz CT molecular complexity index is 341. The fraction of sp³-hybridized carbons (Fsp3) is 0.889. The van der Waals surface area contributed by atoms with E-state index in [1.165, 1.54) is 0 Å². The summed E-state index contributed by atoms with van der Waals surface area (Å²) in [6.07, 6.45) is 1.68. The third-order valence-corrected chi connectivity index (χ3v) is 5.28. The van der Waals surface area contributed by atoms with E-state index in [2.05, 4.69) is 0 Å². The molecule has 1 aliphatic rings. The number of likely N-dealkylation sites (tertiary alicyclic amines) is 1. The molecule has 1 fully saturated rings. The molecular weight excluding hydrogens is 218 g/mol. The highest BCUT2D eigenvalue weighted by Crippen LogP contribution is 2.33. The van der Waals surface area contributed by atoms with Gasteiger partial charge in [-0.25, -0.2) is 8.42 Å². The molecule has 0 spiro atoms. The van der Waals surface area contributed by atoms with Crippen LogP contribution in [0, 0.1) is 0 Å². The molecule has 1 rings (SSSR count). The molecule has 0 saturated carbocycles. The number of rotatable bonds is 3. The van der Waals surface area contributed by atoms with Crippen molar-refractivity contribution in [1.82, 2.24) is 4.90 Å². The van der Waals surface area contributed by atoms with Crippen LogP contribution in [0.2, 0.25) is 0 Å². The Balaban J connectivity index is 2.93. The van der Waals surface area contributed by atoms with Crippen LogP contribution in [0.4, 0.5) is 0 Å². The summed E-state index contributed by atoms with van der Waals surface area (Å²) in [4.78, 5) is 12.7. The molecule has 1 N–H and O–H groups in total. The summed E-state index contributed by atoms with van der Waals surface area (Å²) >= 11 is 0. The second-order valence-electron chi connectivity index (χ2n) is 4.33. The van der Waals surface area contributed by atoms with Gasteiger partial charge in [-0.05, 0) is 33.0 Å². The summed E-state index contributed by atoms with van der Waals surface area (Å²) in [5.74, 6) is -1.04. The van der Waals surface area contributed by atoms with E-state index < -0.39 is 20.6 Å². The molecule has 1 heterocycles. The lowest BCUT2D eigenvalue weighted by Gasteiger charge is -2.38. The summed E-state index contributed by atoms with van der Waals surface area (Å²) in [5.41, 5.74) is 0. The largest absolute Gasteiger partial charge is 0.481 e. The highest BCUT2D eigenvalue weighted by Gasteiger charge is 2.44. The second kappa shape index (κ2) is 4.09. The number of aliphatic carboxylic acids is 1. The third-order valence-electron chi connectivity index (χ3n) is 3.16. The number of carbonyl (C=O) groups is 1. The minimum absolute atomic E-state index is 0.278. The normalized spacial score (nSPS) is 22.5. The molecule has 1 aliphatic heterocycles. The van der Waals surface area contributed by atoms with Gasteiger partial charge in [0, 0.05) is 6.26 Å². The van der Waals surface area contributed by atoms with Crippen LogP contribution in [0.1, 0.15) is 19.3 Å². The van der Waals surface area contributed by atoms with Gasteiger partial charge in [0.25, 0.3) is 0 Å². The predicted octanol–water partition coefficient (Wildman–Crippen LogP) is -0.0299. The molecule has 15 heavy (non-hydrogen) atoms. The van der Waals surface area contributed by atoms with E-state index in [0.717, 1.165) is 6.26 Å². The van der Waals surface area contributed by atoms with E-state index in [1.54, 1.807) is 0 Å². The lowest BCUT2D eigenvalue weighted by atomic mass is 9.92. The molecule has 5 nitrogen and oxygen atoms in total. The van der Waals surface area contributed by atoms with Crippen molar-refractivity contribution < 1.29 is 18.3 Å². The topological polar surface area (TPSA) is 74.7 Å². The van der Waals surface area contributed by atoms with Crippen molar-refractivity contribution in [3.8, 4) is 0 Å². The molecule has 0 radical (unpaired) electrons. The summed E-state index contributed by atoms with van der Waals surface area (Å²) in [5, 5.41) is 8.78. The van der Waals surface area contributed by atoms with E-state index in [0.29, 0.717) is 25.9 Å². The standard InChI is InChI=1S/C9H17NO4S/c1-10-5-3-9(4-6-10,7-8(11)12)15(2,13)14/h3-7H2,1-2H3,(H,11,12). The van der Waals surface area contributed by atoms with Crippen molar-refractivity contribution in [2.24, 2.45) is 0 Å². The van der Waals surface area contributed by atoms with Crippen LogP contribution in [0.3, 0.4) is 0 Å². The molecule has 6 heteroatoms. The number of carboxylic acids is 1. The van der Waals surface area contributed by atoms with Crippen LogP contribution >= 0.6 is 0 Å². The molecule has 0 aliphatic carbocycles. The summed E-state index contributed by atoms with van der Waals surface area (Å²) in [7, 11) is -1.40. The van der Waals surface area contributed by atoms with Crippen LogP contribution < -0.4 is 0 Å². The Labute approximate surface area is 90.0 Å². The molecule has 0 unspecified atom stereocenters. The number of nitrogens with zero attached hydrogens (tertiary/aromatic N) is 1. The maximum atomic E-state index is 11.7. The van der Waals surface area contributed by atoms with Crippen molar-refractivity contribution >= 4 is 15.8 Å². The molecule has 0 bridgehead atoms. The monoisotopic (exact) mass is 235 g/mol. The highest BCUT2D eigenvalue weighted by atomic mass is 32.2. The fourth-order valence-corrected chi connectivity index (χ4v) is 3.29. The number of carboxylic acid groups (broad SMARTS) is 1. The molecule has 0 aromatic carbocycles. The molecule has 0 amide bonds. The van der Waals surface area contributed by atoms with Gasteiger partial charge in [-0.1, -0.05) is 0 Å². The Morgan fingerprint density at radius 2 is 1.87 bits per heavy atom. The van der Waals surface area contributed by atoms with Gasteiger partial charge in [0.15, 0.2) is 9.84 Å². The molecule has 0 atom stereocenters. The number of piperidine rings is 1. The molecule has 88 valence electrons. The minimum atomic E-state index is -3.31. The smallest absolute Gasteiger partial charge is 0.304 e. The van der Waals surface area contributed by atoms with Crippen LogP contribution in [-0.4, -0.2) is 55.5 Å². The van der Waals surface area contributed by atoms with Crippen LogP contribution in [0.25, 0.3) is 0 Å². The predicted molar refractivity (Wildman–Crippen MR) is 56.6 cm³/mol. The lowest BCUT2D eigenvalue weighted by Crippen LogP contribution is -2.49. The van der Waals surface area contributed by atoms with E-state index >= 15 is 0 Å². The first-order valence-corrected chi connectivity index (χ1v) is 6.76. The van der Waals surface area contributed by atoms with Gasteiger partial charge in [-0.2, -0.15) is 0 Å². The zero-order chi connectivity index (χ0) is 11.7. The summed E-state index contributed by atoms with van der Waals surface area (Å²) in [6, 6.07) is 0. The molecule has 0 aromatic heterocycles. The quantitative estimate of drug-likeness (QED) is 0.743. The van der Waals surface area contributed by atoms with Gasteiger partial charge in [-0.3, -0.25) is 4.79 Å². The number of hydrogen-bond acceptors (Lipinski definition) is 4. The minimum Gasteiger partial charge on any atom is -0.481 e. The van der Waals surface area contributed by atoms with Gasteiger partial charge in [0.1, 0.15) is 0 Å². The van der Waals surface area contributed by atoms with Gasteiger partial charge in [-0.15, -0.1) is 0 Å². The average Bonchev–Trinajstić information content (AvgIpc) is 2.06. The van der Waals surface area contributed by atoms with Crippen molar-refractivity contribution in [2.45, 2.75) is 24.0 Å². The van der Waals surface area contributed by atoms with Gasteiger partial charge >= 0.3 is 5.97 Å². The zero-order valence-corrected chi connectivity index (χ0v) is 9.88. The number of hydrogen-bond donors (Lipinski definition) is 1. The van der Waals surface area contributed by atoms with E-state index in [4.69, 9.17) is 5.11 Å². The second-order valence-corrected chi connectivity index (χ2v) is 6.74. The van der Waals surface area contributed by atoms with Crippen LogP contribution in [0.5, 0.6) is 0 Å². The molecular formula is C9H17NO4S. The average molecular weight is 235 g/mol. The summed E-state index contributed by atoms with van der Waals surface area (Å²) in [6.45, 7) is 1.28. The lowest BCUT2D eigenvalue weighted by molar-refractivity contribution is -0.138. The fourth-order valence-electron chi connectivity index (χ4n) is 1.98. The van der Waals surface area contributed by atoms with Crippen molar-refractivity contribution in [2.75, 3.05) is 26.4 Å². The highest BCUT2D eigenvalue weighted by molar-refractivity contribution is 7.92. The Hall–Kier alpha value is -0.620. The first-order valence-electron chi connectivity index (χ1n) is 4.87. The van der Waals surface area contributed by atoms with Gasteiger partial charge in [0.2, 0.25) is 0 Å². The van der Waals surface area contributed by atoms with Crippen LogP contribution in [0.15, 0.2) is 0 Å². The Morgan fingerprint density at radius 1 is 1.40 bits per heavy atom. The third kappa shape index (κ3) is 2.69. The van der Waals surface area contributed by atoms with E-state index in [9.17, 15) is 13.2 Å². The van der Waals surface area contributed by atoms with Crippen LogP contribution in [-0.2, 0) is 14.6 Å². The first kappa shape index (κ1) is 12.4. The van der Waals surface area contributed by atoms with Gasteiger partial charge in [0.05, 0.1) is 11.2 Å². The Kier molecular flexibility index (Phi) is 3.40. The first-order chi connectivity index (χ1) is 6.77. The maximum absolute atomic E-state index is 11.7. The SMILES string of the molecule is CN1CCC(CC(=O)O)(S(C)(=O)=O)CC1. The van der Waals surface area contributed by atoms with Crippen molar-refractivity contribution in [3.63, 3.8) is 0 Å². The molecule has 1 saturated heterocycles. The van der Waals surface area contributed by atoms with E-state index in [1.807, 2.05) is 11.9 Å². The van der Waals surface area contributed by atoms with Gasteiger partial charge < -0.3 is 10.0 Å².